The van der Waals surface area contributed by atoms with Crippen LogP contribution in [0.25, 0.3) is 11.0 Å². The van der Waals surface area contributed by atoms with Crippen molar-refractivity contribution in [1.29, 1.82) is 0 Å². The summed E-state index contributed by atoms with van der Waals surface area (Å²) in [4.78, 5) is 3.32. The Morgan fingerprint density at radius 3 is 2.79 bits per heavy atom. The summed E-state index contributed by atoms with van der Waals surface area (Å²) in [6.45, 7) is 0. The Hall–Kier alpha value is -1.50. The first-order valence-electron chi connectivity index (χ1n) is 3.71. The molecule has 0 amide bonds. The second kappa shape index (κ2) is 2.74. The molecule has 0 radical (unpaired) electrons. The van der Waals surface area contributed by atoms with Gasteiger partial charge in [0.1, 0.15) is 10.4 Å². The van der Waals surface area contributed by atoms with Crippen LogP contribution < -0.4 is 0 Å². The van der Waals surface area contributed by atoms with E-state index in [0.717, 1.165) is 6.20 Å². The fourth-order valence-electron chi connectivity index (χ4n) is 1.14. The summed E-state index contributed by atoms with van der Waals surface area (Å²) in [5, 5.41) is 3.86. The number of rotatable bonds is 1. The molecule has 14 heavy (non-hydrogen) atoms. The van der Waals surface area contributed by atoms with Crippen molar-refractivity contribution in [2.75, 3.05) is 0 Å². The second-order valence-electron chi connectivity index (χ2n) is 2.78. The molecule has 0 bridgehead atoms. The zero-order valence-electron chi connectivity index (χ0n) is 7.18. The molecule has 0 N–H and O–H groups in total. The fourth-order valence-corrected chi connectivity index (χ4v) is 1.57. The standard InChI is InChI=1S/C7H6FN3O2S/c1-11-7-2-5(14(8,12)13)3-9-6(7)4-10-11/h2-4H,1H3. The molecular weight excluding hydrogens is 209 g/mol. The molecule has 0 spiro atoms. The number of halogens is 1. The van der Waals surface area contributed by atoms with E-state index in [0.29, 0.717) is 11.0 Å². The maximum Gasteiger partial charge on any atom is 0.333 e. The summed E-state index contributed by atoms with van der Waals surface area (Å²) in [5.74, 6) is 0. The Morgan fingerprint density at radius 2 is 2.14 bits per heavy atom. The van der Waals surface area contributed by atoms with E-state index in [2.05, 4.69) is 10.1 Å². The van der Waals surface area contributed by atoms with Crippen molar-refractivity contribution in [3.63, 3.8) is 0 Å². The predicted octanol–water partition coefficient (Wildman–Crippen LogP) is 0.627. The van der Waals surface area contributed by atoms with Crippen molar-refractivity contribution < 1.29 is 12.3 Å². The molecule has 74 valence electrons. The van der Waals surface area contributed by atoms with Gasteiger partial charge in [0.2, 0.25) is 0 Å². The van der Waals surface area contributed by atoms with Crippen molar-refractivity contribution in [3.05, 3.63) is 18.5 Å². The molecule has 0 aliphatic carbocycles. The highest BCUT2D eigenvalue weighted by molar-refractivity contribution is 7.86. The van der Waals surface area contributed by atoms with E-state index < -0.39 is 15.1 Å². The number of hydrogen-bond donors (Lipinski definition) is 0. The van der Waals surface area contributed by atoms with Crippen LogP contribution in [-0.4, -0.2) is 23.2 Å². The smallest absolute Gasteiger partial charge is 0.266 e. The average molecular weight is 215 g/mol. The van der Waals surface area contributed by atoms with E-state index in [1.807, 2.05) is 0 Å². The SMILES string of the molecule is Cn1ncc2ncc(S(=O)(=O)F)cc21. The molecule has 5 nitrogen and oxygen atoms in total. The number of aryl methyl sites for hydroxylation is 1. The van der Waals surface area contributed by atoms with E-state index in [4.69, 9.17) is 0 Å². The van der Waals surface area contributed by atoms with E-state index in [1.54, 1.807) is 7.05 Å². The molecule has 0 aliphatic rings. The highest BCUT2D eigenvalue weighted by Crippen LogP contribution is 2.16. The van der Waals surface area contributed by atoms with Crippen LogP contribution in [0.1, 0.15) is 0 Å². The summed E-state index contributed by atoms with van der Waals surface area (Å²) in [7, 11) is -3.07. The fraction of sp³-hybridized carbons (Fsp3) is 0.143. The monoisotopic (exact) mass is 215 g/mol. The normalized spacial score (nSPS) is 12.1. The Balaban J connectivity index is 2.79. The third kappa shape index (κ3) is 1.35. The van der Waals surface area contributed by atoms with E-state index >= 15 is 0 Å². The molecule has 2 heterocycles. The van der Waals surface area contributed by atoms with Gasteiger partial charge in [-0.3, -0.25) is 9.67 Å². The van der Waals surface area contributed by atoms with Gasteiger partial charge in [-0.1, -0.05) is 0 Å². The maximum atomic E-state index is 12.6. The second-order valence-corrected chi connectivity index (χ2v) is 4.13. The van der Waals surface area contributed by atoms with Gasteiger partial charge in [-0.25, -0.2) is 0 Å². The molecule has 0 atom stereocenters. The maximum absolute atomic E-state index is 12.6. The van der Waals surface area contributed by atoms with E-state index in [-0.39, 0.29) is 0 Å². The number of nitrogens with zero attached hydrogens (tertiary/aromatic N) is 3. The summed E-state index contributed by atoms with van der Waals surface area (Å²) >= 11 is 0. The van der Waals surface area contributed by atoms with Crippen LogP contribution in [0.4, 0.5) is 3.89 Å². The van der Waals surface area contributed by atoms with Crippen LogP contribution in [-0.2, 0) is 17.3 Å². The molecule has 0 aliphatic heterocycles. The van der Waals surface area contributed by atoms with Gasteiger partial charge in [-0.2, -0.15) is 13.5 Å². The average Bonchev–Trinajstić information content (AvgIpc) is 2.46. The van der Waals surface area contributed by atoms with Crippen LogP contribution in [0.2, 0.25) is 0 Å². The zero-order chi connectivity index (χ0) is 10.3. The minimum atomic E-state index is -4.69. The van der Waals surface area contributed by atoms with Crippen molar-refractivity contribution in [3.8, 4) is 0 Å². The van der Waals surface area contributed by atoms with Gasteiger partial charge in [-0.15, -0.1) is 3.89 Å². The van der Waals surface area contributed by atoms with Crippen LogP contribution in [0.15, 0.2) is 23.4 Å². The van der Waals surface area contributed by atoms with Crippen molar-refractivity contribution >= 4 is 21.3 Å². The lowest BCUT2D eigenvalue weighted by molar-refractivity contribution is 0.552. The quantitative estimate of drug-likeness (QED) is 0.654. The van der Waals surface area contributed by atoms with Gasteiger partial charge in [0.15, 0.2) is 0 Å². The Bertz CT molecular complexity index is 590. The topological polar surface area (TPSA) is 64.8 Å². The van der Waals surface area contributed by atoms with Crippen LogP contribution >= 0.6 is 0 Å². The summed E-state index contributed by atoms with van der Waals surface area (Å²) in [6.07, 6.45) is 2.45. The van der Waals surface area contributed by atoms with Gasteiger partial charge in [0, 0.05) is 13.2 Å². The minimum Gasteiger partial charge on any atom is -0.266 e. The number of hydrogen-bond acceptors (Lipinski definition) is 4. The zero-order valence-corrected chi connectivity index (χ0v) is 7.99. The molecule has 2 aromatic rings. The third-order valence-electron chi connectivity index (χ3n) is 1.86. The van der Waals surface area contributed by atoms with E-state index in [1.165, 1.54) is 16.9 Å². The lowest BCUT2D eigenvalue weighted by Gasteiger charge is -1.96. The molecular formula is C7H6FN3O2S. The van der Waals surface area contributed by atoms with Gasteiger partial charge >= 0.3 is 10.2 Å². The lowest BCUT2D eigenvalue weighted by atomic mass is 10.4. The molecule has 0 fully saturated rings. The number of pyridine rings is 1. The number of aromatic nitrogens is 3. The minimum absolute atomic E-state index is 0.450. The van der Waals surface area contributed by atoms with E-state index in [9.17, 15) is 12.3 Å². The largest absolute Gasteiger partial charge is 0.333 e. The molecule has 0 saturated heterocycles. The summed E-state index contributed by atoms with van der Waals surface area (Å²) in [5.41, 5.74) is 1.00. The highest BCUT2D eigenvalue weighted by atomic mass is 32.3. The summed E-state index contributed by atoms with van der Waals surface area (Å²) < 4.78 is 35.2. The number of fused-ring (bicyclic) bond motifs is 1. The first-order chi connectivity index (χ1) is 6.48. The van der Waals surface area contributed by atoms with Crippen molar-refractivity contribution in [1.82, 2.24) is 14.8 Å². The van der Waals surface area contributed by atoms with Gasteiger partial charge in [-0.05, 0) is 6.07 Å². The first kappa shape index (κ1) is 9.07. The molecule has 0 unspecified atom stereocenters. The van der Waals surface area contributed by atoms with Crippen LogP contribution in [0, 0.1) is 0 Å². The van der Waals surface area contributed by atoms with Crippen molar-refractivity contribution in [2.45, 2.75) is 4.90 Å². The molecule has 2 rings (SSSR count). The van der Waals surface area contributed by atoms with Crippen LogP contribution in [0.3, 0.4) is 0 Å². The Labute approximate surface area is 79.4 Å². The molecule has 7 heteroatoms. The predicted molar refractivity (Wildman–Crippen MR) is 46.8 cm³/mol. The highest BCUT2D eigenvalue weighted by Gasteiger charge is 2.14. The summed E-state index contributed by atoms with van der Waals surface area (Å²) in [6, 6.07) is 1.20. The van der Waals surface area contributed by atoms with Crippen LogP contribution in [0.5, 0.6) is 0 Å². The third-order valence-corrected chi connectivity index (χ3v) is 2.64. The van der Waals surface area contributed by atoms with Gasteiger partial charge < -0.3 is 0 Å². The lowest BCUT2D eigenvalue weighted by Crippen LogP contribution is -1.95. The van der Waals surface area contributed by atoms with Crippen molar-refractivity contribution in [2.24, 2.45) is 7.05 Å². The van der Waals surface area contributed by atoms with Gasteiger partial charge in [0.25, 0.3) is 0 Å². The Kier molecular flexibility index (Phi) is 1.78. The van der Waals surface area contributed by atoms with Gasteiger partial charge in [0.05, 0.1) is 11.7 Å². The first-order valence-corrected chi connectivity index (χ1v) is 5.09. The molecule has 0 saturated carbocycles. The molecule has 0 aromatic carbocycles. The Morgan fingerprint density at radius 1 is 1.43 bits per heavy atom. The molecule has 2 aromatic heterocycles.